The summed E-state index contributed by atoms with van der Waals surface area (Å²) in [6.07, 6.45) is 4.80. The van der Waals surface area contributed by atoms with Crippen LogP contribution in [0.25, 0.3) is 0 Å². The van der Waals surface area contributed by atoms with E-state index in [0.29, 0.717) is 6.42 Å². The molecule has 0 unspecified atom stereocenters. The summed E-state index contributed by atoms with van der Waals surface area (Å²) in [7, 11) is -1.99. The Labute approximate surface area is 110 Å². The van der Waals surface area contributed by atoms with Crippen molar-refractivity contribution >= 4 is 10.0 Å². The first-order valence-electron chi connectivity index (χ1n) is 5.64. The maximum atomic E-state index is 11.9. The summed E-state index contributed by atoms with van der Waals surface area (Å²) in [5, 5.41) is 4.13. The number of nitrogens with zero attached hydrogens (tertiary/aromatic N) is 2. The maximum Gasteiger partial charge on any atom is 0.245 e. The molecule has 0 fully saturated rings. The van der Waals surface area contributed by atoms with E-state index >= 15 is 0 Å². The van der Waals surface area contributed by atoms with Gasteiger partial charge in [-0.1, -0.05) is 0 Å². The maximum absolute atomic E-state index is 11.9. The summed E-state index contributed by atoms with van der Waals surface area (Å²) < 4.78 is 27.8. The number of H-pyrrole nitrogens is 1. The zero-order valence-electron chi connectivity index (χ0n) is 10.3. The van der Waals surface area contributed by atoms with Crippen molar-refractivity contribution in [1.82, 2.24) is 19.5 Å². The van der Waals surface area contributed by atoms with Gasteiger partial charge in [-0.05, 0) is 6.07 Å². The standard InChI is InChI=1S/C11H14N4O3S/c1-15-7-4-9(14-15)2-6-13-19(17,18)11-8-12-5-3-10(11)16/h3-5,7-8,13H,2,6H2,1H3,(H,12,16). The third kappa shape index (κ3) is 3.30. The minimum absolute atomic E-state index is 0.188. The Balaban J connectivity index is 2.03. The minimum Gasteiger partial charge on any atom is -0.366 e. The number of hydrogen-bond acceptors (Lipinski definition) is 4. The molecule has 0 atom stereocenters. The molecule has 2 aromatic rings. The molecular formula is C11H14N4O3S. The van der Waals surface area contributed by atoms with Crippen LogP contribution in [-0.2, 0) is 23.5 Å². The average Bonchev–Trinajstić information content (AvgIpc) is 2.75. The lowest BCUT2D eigenvalue weighted by atomic mass is 10.3. The highest BCUT2D eigenvalue weighted by molar-refractivity contribution is 7.89. The van der Waals surface area contributed by atoms with Crippen LogP contribution in [0, 0.1) is 0 Å². The van der Waals surface area contributed by atoms with E-state index in [2.05, 4.69) is 14.8 Å². The van der Waals surface area contributed by atoms with Gasteiger partial charge in [0.1, 0.15) is 4.90 Å². The molecule has 0 radical (unpaired) electrons. The van der Waals surface area contributed by atoms with Gasteiger partial charge in [0.15, 0.2) is 0 Å². The molecule has 8 heteroatoms. The smallest absolute Gasteiger partial charge is 0.245 e. The van der Waals surface area contributed by atoms with Gasteiger partial charge < -0.3 is 4.98 Å². The van der Waals surface area contributed by atoms with E-state index < -0.39 is 15.5 Å². The molecule has 19 heavy (non-hydrogen) atoms. The van der Waals surface area contributed by atoms with Gasteiger partial charge in [-0.25, -0.2) is 13.1 Å². The van der Waals surface area contributed by atoms with Crippen LogP contribution in [0.15, 0.2) is 40.4 Å². The summed E-state index contributed by atoms with van der Waals surface area (Å²) in [6, 6.07) is 2.98. The SMILES string of the molecule is Cn1ccc(CCNS(=O)(=O)c2c[nH]ccc2=O)n1. The van der Waals surface area contributed by atoms with Crippen LogP contribution in [0.2, 0.25) is 0 Å². The summed E-state index contributed by atoms with van der Waals surface area (Å²) in [6.45, 7) is 0.188. The lowest BCUT2D eigenvalue weighted by Crippen LogP contribution is -2.30. The third-order valence-corrected chi connectivity index (χ3v) is 4.00. The summed E-state index contributed by atoms with van der Waals surface area (Å²) >= 11 is 0. The first-order chi connectivity index (χ1) is 8.99. The van der Waals surface area contributed by atoms with Crippen LogP contribution in [0.4, 0.5) is 0 Å². The fraction of sp³-hybridized carbons (Fsp3) is 0.273. The number of aromatic nitrogens is 3. The van der Waals surface area contributed by atoms with E-state index in [0.717, 1.165) is 5.69 Å². The minimum atomic E-state index is -3.78. The van der Waals surface area contributed by atoms with E-state index in [1.807, 2.05) is 6.07 Å². The Kier molecular flexibility index (Phi) is 3.82. The number of aryl methyl sites for hydroxylation is 1. The zero-order chi connectivity index (χ0) is 13.9. The third-order valence-electron chi connectivity index (χ3n) is 2.52. The largest absolute Gasteiger partial charge is 0.366 e. The molecule has 0 aliphatic carbocycles. The summed E-state index contributed by atoms with van der Waals surface area (Å²) in [4.78, 5) is 13.8. The fourth-order valence-corrected chi connectivity index (χ4v) is 2.68. The average molecular weight is 282 g/mol. The fourth-order valence-electron chi connectivity index (χ4n) is 1.60. The van der Waals surface area contributed by atoms with Crippen LogP contribution in [-0.4, -0.2) is 29.7 Å². The molecule has 2 rings (SSSR count). The van der Waals surface area contributed by atoms with Gasteiger partial charge >= 0.3 is 0 Å². The van der Waals surface area contributed by atoms with Crippen molar-refractivity contribution in [3.05, 3.63) is 46.6 Å². The Morgan fingerprint density at radius 3 is 2.84 bits per heavy atom. The van der Waals surface area contributed by atoms with E-state index in [-0.39, 0.29) is 11.4 Å². The number of pyridine rings is 1. The lowest BCUT2D eigenvalue weighted by Gasteiger charge is -2.04. The predicted octanol–water partition coefficient (Wildman–Crippen LogP) is -0.371. The molecule has 0 saturated heterocycles. The predicted molar refractivity (Wildman–Crippen MR) is 69.2 cm³/mol. The second-order valence-electron chi connectivity index (χ2n) is 4.00. The first kappa shape index (κ1) is 13.5. The Hall–Kier alpha value is -1.93. The molecule has 0 aliphatic rings. The summed E-state index contributed by atoms with van der Waals surface area (Å²) in [5.41, 5.74) is 0.247. The molecular weight excluding hydrogens is 268 g/mol. The van der Waals surface area contributed by atoms with Gasteiger partial charge in [0, 0.05) is 44.7 Å². The Morgan fingerprint density at radius 1 is 1.42 bits per heavy atom. The molecule has 2 aromatic heterocycles. The Bertz CT molecular complexity index is 717. The molecule has 2 heterocycles. The lowest BCUT2D eigenvalue weighted by molar-refractivity contribution is 0.579. The van der Waals surface area contributed by atoms with E-state index in [1.165, 1.54) is 18.5 Å². The van der Waals surface area contributed by atoms with E-state index in [9.17, 15) is 13.2 Å². The van der Waals surface area contributed by atoms with Crippen molar-refractivity contribution in [1.29, 1.82) is 0 Å². The Morgan fingerprint density at radius 2 is 2.21 bits per heavy atom. The topological polar surface area (TPSA) is 96.9 Å². The molecule has 0 saturated carbocycles. The monoisotopic (exact) mass is 282 g/mol. The molecule has 0 aliphatic heterocycles. The van der Waals surface area contributed by atoms with Crippen molar-refractivity contribution in [3.8, 4) is 0 Å². The van der Waals surface area contributed by atoms with E-state index in [1.54, 1.807) is 17.9 Å². The van der Waals surface area contributed by atoms with Crippen LogP contribution >= 0.6 is 0 Å². The van der Waals surface area contributed by atoms with Crippen molar-refractivity contribution in [3.63, 3.8) is 0 Å². The van der Waals surface area contributed by atoms with Crippen LogP contribution in [0.5, 0.6) is 0 Å². The van der Waals surface area contributed by atoms with Gasteiger partial charge in [0.05, 0.1) is 5.69 Å². The molecule has 0 spiro atoms. The molecule has 0 bridgehead atoms. The van der Waals surface area contributed by atoms with Crippen molar-refractivity contribution in [2.24, 2.45) is 7.05 Å². The van der Waals surface area contributed by atoms with Crippen LogP contribution in [0.1, 0.15) is 5.69 Å². The second-order valence-corrected chi connectivity index (χ2v) is 5.74. The molecule has 102 valence electrons. The van der Waals surface area contributed by atoms with Gasteiger partial charge in [0.2, 0.25) is 15.5 Å². The highest BCUT2D eigenvalue weighted by atomic mass is 32.2. The highest BCUT2D eigenvalue weighted by Gasteiger charge is 2.16. The number of aromatic amines is 1. The van der Waals surface area contributed by atoms with Gasteiger partial charge in [0.25, 0.3) is 0 Å². The molecule has 0 amide bonds. The van der Waals surface area contributed by atoms with Crippen LogP contribution in [0.3, 0.4) is 0 Å². The number of rotatable bonds is 5. The zero-order valence-corrected chi connectivity index (χ0v) is 11.1. The first-order valence-corrected chi connectivity index (χ1v) is 7.13. The van der Waals surface area contributed by atoms with Gasteiger partial charge in [-0.3, -0.25) is 9.48 Å². The van der Waals surface area contributed by atoms with Gasteiger partial charge in [-0.2, -0.15) is 5.10 Å². The summed E-state index contributed by atoms with van der Waals surface area (Å²) in [5.74, 6) is 0. The van der Waals surface area contributed by atoms with Crippen LogP contribution < -0.4 is 10.2 Å². The van der Waals surface area contributed by atoms with E-state index in [4.69, 9.17) is 0 Å². The molecule has 7 nitrogen and oxygen atoms in total. The molecule has 0 aromatic carbocycles. The quantitative estimate of drug-likeness (QED) is 0.782. The highest BCUT2D eigenvalue weighted by Crippen LogP contribution is 2.00. The number of sulfonamides is 1. The second kappa shape index (κ2) is 5.37. The normalized spacial score (nSPS) is 11.6. The van der Waals surface area contributed by atoms with Crippen molar-refractivity contribution < 1.29 is 8.42 Å². The van der Waals surface area contributed by atoms with Gasteiger partial charge in [-0.15, -0.1) is 0 Å². The van der Waals surface area contributed by atoms with Crippen molar-refractivity contribution in [2.45, 2.75) is 11.3 Å². The number of hydrogen-bond donors (Lipinski definition) is 2. The molecule has 2 N–H and O–H groups in total. The van der Waals surface area contributed by atoms with Crippen molar-refractivity contribution in [2.75, 3.05) is 6.54 Å². The number of nitrogens with one attached hydrogen (secondary N) is 2.